The van der Waals surface area contributed by atoms with Crippen LogP contribution in [0.5, 0.6) is 0 Å². The first-order valence-electron chi connectivity index (χ1n) is 27.9. The number of benzene rings is 1. The van der Waals surface area contributed by atoms with Crippen molar-refractivity contribution in [3.05, 3.63) is 59.7 Å². The molecule has 4 amide bonds. The summed E-state index contributed by atoms with van der Waals surface area (Å²) >= 11 is 0. The topological polar surface area (TPSA) is 387 Å². The van der Waals surface area contributed by atoms with Crippen LogP contribution < -0.4 is 27.0 Å². The zero-order valence-corrected chi connectivity index (χ0v) is 48.6. The summed E-state index contributed by atoms with van der Waals surface area (Å²) in [6.45, 7) is 2.52. The van der Waals surface area contributed by atoms with E-state index in [1.807, 2.05) is 19.1 Å². The molecule has 6 N–H and O–H groups in total. The van der Waals surface area contributed by atoms with Gasteiger partial charge in [0.1, 0.15) is 58.0 Å². The Morgan fingerprint density at radius 2 is 1.07 bits per heavy atom. The monoisotopic (exact) mass is 1180 g/mol. The molecule has 26 heteroatoms. The second-order valence-corrected chi connectivity index (χ2v) is 22.2. The number of Topliss-reactive ketones (excluding diaryl/α,β-unsaturated/α-hetero) is 9. The molecule has 25 nitrogen and oxygen atoms in total. The number of carbonyl (C=O) groups is 13. The molecule has 2 aromatic heterocycles. The molecule has 0 aliphatic rings. The van der Waals surface area contributed by atoms with Gasteiger partial charge in [0.2, 0.25) is 38.6 Å². The Morgan fingerprint density at radius 1 is 0.583 bits per heavy atom. The van der Waals surface area contributed by atoms with Crippen molar-refractivity contribution in [1.29, 1.82) is 0 Å². The third-order valence-electron chi connectivity index (χ3n) is 12.7. The summed E-state index contributed by atoms with van der Waals surface area (Å²) in [4.78, 5) is 169. The van der Waals surface area contributed by atoms with Crippen LogP contribution in [0.2, 0.25) is 0 Å². The molecule has 0 radical (unpaired) electrons. The van der Waals surface area contributed by atoms with Gasteiger partial charge in [0.15, 0.2) is 5.78 Å². The Bertz CT molecular complexity index is 2980. The highest BCUT2D eigenvalue weighted by atomic mass is 32.2. The van der Waals surface area contributed by atoms with E-state index in [1.165, 1.54) is 17.1 Å². The number of carbonyl (C=O) groups excluding carboxylic acids is 13. The molecule has 454 valence electrons. The normalized spacial score (nSPS) is 11.3. The van der Waals surface area contributed by atoms with E-state index in [1.54, 1.807) is 18.3 Å². The summed E-state index contributed by atoms with van der Waals surface area (Å²) in [6, 6.07) is 6.16. The van der Waals surface area contributed by atoms with Crippen LogP contribution in [0.15, 0.2) is 48.0 Å². The molecular weight excluding hydrogens is 1110 g/mol. The zero-order chi connectivity index (χ0) is 61.9. The minimum atomic E-state index is -3.51. The number of aryl methyl sites for hydroxylation is 2. The number of anilines is 1. The second kappa shape index (κ2) is 38.6. The molecule has 0 unspecified atom stereocenters. The van der Waals surface area contributed by atoms with Crippen molar-refractivity contribution in [3.8, 4) is 11.8 Å². The molecule has 84 heavy (non-hydrogen) atoms. The molecule has 1 atom stereocenters. The smallest absolute Gasteiger partial charge is 0.246 e. The number of sulfone groups is 1. The fourth-order valence-corrected chi connectivity index (χ4v) is 8.26. The van der Waals surface area contributed by atoms with Gasteiger partial charge in [0.05, 0.1) is 31.1 Å². The second-order valence-electron chi connectivity index (χ2n) is 20.2. The van der Waals surface area contributed by atoms with E-state index in [-0.39, 0.29) is 193 Å². The van der Waals surface area contributed by atoms with Crippen LogP contribution in [0.25, 0.3) is 0 Å². The van der Waals surface area contributed by atoms with Crippen LogP contribution in [0, 0.1) is 18.8 Å². The van der Waals surface area contributed by atoms with Crippen LogP contribution >= 0.6 is 0 Å². The summed E-state index contributed by atoms with van der Waals surface area (Å²) < 4.78 is 24.4. The van der Waals surface area contributed by atoms with Crippen molar-refractivity contribution >= 4 is 91.2 Å². The lowest BCUT2D eigenvalue weighted by Gasteiger charge is -2.18. The van der Waals surface area contributed by atoms with E-state index in [0.717, 1.165) is 11.8 Å². The minimum Gasteiger partial charge on any atom is -0.355 e. The Balaban J connectivity index is 1.16. The third kappa shape index (κ3) is 31.9. The maximum Gasteiger partial charge on any atom is 0.246 e. The van der Waals surface area contributed by atoms with E-state index < -0.39 is 52.2 Å². The summed E-state index contributed by atoms with van der Waals surface area (Å²) in [5.74, 6) is 0.422. The van der Waals surface area contributed by atoms with Gasteiger partial charge in [-0.2, -0.15) is 0 Å². The van der Waals surface area contributed by atoms with E-state index in [9.17, 15) is 70.7 Å². The van der Waals surface area contributed by atoms with Gasteiger partial charge in [-0.25, -0.2) is 18.4 Å². The molecular formula is C58H76N10O15S. The van der Waals surface area contributed by atoms with Crippen LogP contribution in [-0.2, 0) is 85.3 Å². The van der Waals surface area contributed by atoms with Crippen LogP contribution in [0.1, 0.15) is 171 Å². The lowest BCUT2D eigenvalue weighted by Crippen LogP contribution is -2.44. The molecule has 0 saturated heterocycles. The first kappa shape index (κ1) is 70.1. The van der Waals surface area contributed by atoms with Gasteiger partial charge in [0.25, 0.3) is 0 Å². The summed E-state index contributed by atoms with van der Waals surface area (Å²) in [5, 5.41) is 18.1. The molecule has 3 rings (SSSR count). The lowest BCUT2D eigenvalue weighted by molar-refractivity contribution is -0.133. The fraction of sp³-hybridized carbons (Fsp3) is 0.534. The lowest BCUT2D eigenvalue weighted by atomic mass is 10.00. The molecule has 0 fully saturated rings. The number of aromatic nitrogens is 5. The molecule has 0 aliphatic heterocycles. The van der Waals surface area contributed by atoms with Crippen LogP contribution in [0.4, 0.5) is 5.69 Å². The number of nitrogens with one attached hydrogen (secondary N) is 4. The number of rotatable bonds is 44. The molecule has 0 saturated carbocycles. The highest BCUT2D eigenvalue weighted by Gasteiger charge is 2.23. The summed E-state index contributed by atoms with van der Waals surface area (Å²) in [5.41, 5.74) is 8.03. The van der Waals surface area contributed by atoms with Crippen molar-refractivity contribution in [2.45, 2.75) is 185 Å². The van der Waals surface area contributed by atoms with Crippen LogP contribution in [-0.4, -0.2) is 134 Å². The highest BCUT2D eigenvalue weighted by Crippen LogP contribution is 2.13. The van der Waals surface area contributed by atoms with Crippen molar-refractivity contribution in [3.63, 3.8) is 0 Å². The van der Waals surface area contributed by atoms with Gasteiger partial charge in [-0.05, 0) is 51.3 Å². The highest BCUT2D eigenvalue weighted by molar-refractivity contribution is 7.90. The first-order valence-corrected chi connectivity index (χ1v) is 29.8. The maximum absolute atomic E-state index is 12.9. The molecule has 1 aromatic carbocycles. The van der Waals surface area contributed by atoms with Gasteiger partial charge in [-0.1, -0.05) is 34.8 Å². The van der Waals surface area contributed by atoms with Crippen molar-refractivity contribution in [2.24, 2.45) is 5.73 Å². The zero-order valence-electron chi connectivity index (χ0n) is 47.8. The number of hydrogen-bond donors (Lipinski definition) is 5. The molecule has 2 heterocycles. The molecule has 0 bridgehead atoms. The Kier molecular flexibility index (Phi) is 32.2. The van der Waals surface area contributed by atoms with Crippen molar-refractivity contribution < 1.29 is 70.7 Å². The van der Waals surface area contributed by atoms with Gasteiger partial charge in [-0.3, -0.25) is 67.0 Å². The predicted octanol–water partition coefficient (Wildman–Crippen LogP) is 3.13. The first-order chi connectivity index (χ1) is 40.0. The van der Waals surface area contributed by atoms with Crippen LogP contribution in [0.3, 0.4) is 0 Å². The number of unbranched alkanes of at least 4 members (excludes halogenated alkanes) is 2. The number of nitrogens with two attached hydrogens (primary N) is 1. The van der Waals surface area contributed by atoms with E-state index in [0.29, 0.717) is 49.2 Å². The Hall–Kier alpha value is -8.18. The van der Waals surface area contributed by atoms with E-state index in [4.69, 9.17) is 5.73 Å². The number of amides is 4. The number of nitrogens with zero attached hydrogens (tertiary/aromatic N) is 5. The number of ketones is 9. The SMILES string of the molecule is Cc1ccc(NC(=O)[C@H](CCCCN)NC(=O)CC(=O)CC(=O)NCCC(=O)CCC(=O)CCC(=O)CCC(=O)CCC(=O)CCC(=O)CCC(=O)CCC(=O)CCn2cc(CNC(=O)CCCC#Cc3cnc(S(C)(=O)=O)nc3)nn2)cc1. The van der Waals surface area contributed by atoms with E-state index >= 15 is 0 Å². The minimum absolute atomic E-state index is 0.0243. The quantitative estimate of drug-likeness (QED) is 0.0235. The average molecular weight is 1190 g/mol. The predicted molar refractivity (Wildman–Crippen MR) is 304 cm³/mol. The summed E-state index contributed by atoms with van der Waals surface area (Å²) in [6.07, 6.45) is 4.96. The summed E-state index contributed by atoms with van der Waals surface area (Å²) in [7, 11) is -3.51. The molecule has 0 aliphatic carbocycles. The molecule has 3 aromatic rings. The standard InChI is InChI=1S/C58H76N10O15S/c1-40-11-13-42(14-12-40)64-57(81)53(9-6-7-31-59)65-56(80)35-52(77)34-55(79)60-32-29-50(75)27-25-48(73)23-21-46(71)19-17-44(69)15-16-45(70)18-20-47(72)22-24-49(74)26-28-51(76)30-33-68-39-43(66-67-68)38-61-54(78)10-5-3-4-8-41-36-62-58(63-37-41)84(2,82)83/h11-14,36-37,39,53H,3,5-7,9-10,15-35,38,59H2,1-2H3,(H,60,79)(H,61,78)(H,64,81)(H,65,80)/t53-/m0/s1. The Labute approximate surface area is 488 Å². The largest absolute Gasteiger partial charge is 0.355 e. The van der Waals surface area contributed by atoms with Gasteiger partial charge in [0, 0.05) is 153 Å². The third-order valence-corrected chi connectivity index (χ3v) is 13.6. The van der Waals surface area contributed by atoms with Gasteiger partial charge >= 0.3 is 0 Å². The maximum atomic E-state index is 12.9. The van der Waals surface area contributed by atoms with Gasteiger partial charge in [-0.15, -0.1) is 5.10 Å². The van der Waals surface area contributed by atoms with Gasteiger partial charge < -0.3 is 27.0 Å². The van der Waals surface area contributed by atoms with Crippen molar-refractivity contribution in [2.75, 3.05) is 24.7 Å². The molecule has 0 spiro atoms. The average Bonchev–Trinajstić information content (AvgIpc) is 4.03. The Morgan fingerprint density at radius 3 is 1.57 bits per heavy atom. The number of hydrogen-bond acceptors (Lipinski definition) is 20. The van der Waals surface area contributed by atoms with Crippen molar-refractivity contribution in [1.82, 2.24) is 40.9 Å². The fourth-order valence-electron chi connectivity index (χ4n) is 7.77. The van der Waals surface area contributed by atoms with E-state index in [2.05, 4.69) is 53.4 Å².